The summed E-state index contributed by atoms with van der Waals surface area (Å²) in [6.07, 6.45) is 4.52. The Hall–Kier alpha value is -0.830. The van der Waals surface area contributed by atoms with Crippen LogP contribution in [-0.2, 0) is 11.3 Å². The predicted molar refractivity (Wildman–Crippen MR) is 72.7 cm³/mol. The van der Waals surface area contributed by atoms with Crippen LogP contribution in [0.1, 0.15) is 36.8 Å². The minimum atomic E-state index is 0.221. The summed E-state index contributed by atoms with van der Waals surface area (Å²) in [6, 6.07) is 6.21. The predicted octanol–water partition coefficient (Wildman–Crippen LogP) is 3.56. The average molecular weight is 296 g/mol. The van der Waals surface area contributed by atoms with Gasteiger partial charge < -0.3 is 5.32 Å². The maximum atomic E-state index is 11.8. The van der Waals surface area contributed by atoms with Gasteiger partial charge in [0.05, 0.1) is 0 Å². The monoisotopic (exact) mass is 295 g/mol. The van der Waals surface area contributed by atoms with Gasteiger partial charge in [-0.2, -0.15) is 0 Å². The molecule has 1 amide bonds. The van der Waals surface area contributed by atoms with Crippen molar-refractivity contribution >= 4 is 21.8 Å². The highest BCUT2D eigenvalue weighted by Crippen LogP contribution is 2.24. The van der Waals surface area contributed by atoms with E-state index in [4.69, 9.17) is 0 Å². The number of carbonyl (C=O) groups is 1. The van der Waals surface area contributed by atoms with Crippen molar-refractivity contribution in [2.24, 2.45) is 5.92 Å². The molecule has 1 aromatic rings. The van der Waals surface area contributed by atoms with Crippen molar-refractivity contribution in [3.05, 3.63) is 33.8 Å². The lowest BCUT2D eigenvalue weighted by atomic mass is 10.1. The molecule has 1 fully saturated rings. The van der Waals surface area contributed by atoms with Crippen LogP contribution in [0.5, 0.6) is 0 Å². The topological polar surface area (TPSA) is 29.1 Å². The first kappa shape index (κ1) is 12.6. The van der Waals surface area contributed by atoms with Crippen LogP contribution in [0.15, 0.2) is 22.7 Å². The van der Waals surface area contributed by atoms with Crippen molar-refractivity contribution in [3.8, 4) is 0 Å². The van der Waals surface area contributed by atoms with Gasteiger partial charge in [0.25, 0.3) is 0 Å². The van der Waals surface area contributed by atoms with E-state index in [1.54, 1.807) is 0 Å². The second-order valence-corrected chi connectivity index (χ2v) is 5.64. The number of carbonyl (C=O) groups excluding carboxylic acids is 1. The first-order valence-electron chi connectivity index (χ1n) is 6.19. The summed E-state index contributed by atoms with van der Waals surface area (Å²) >= 11 is 3.51. The largest absolute Gasteiger partial charge is 0.352 e. The number of rotatable bonds is 3. The molecule has 0 atom stereocenters. The molecule has 0 bridgehead atoms. The van der Waals surface area contributed by atoms with Crippen molar-refractivity contribution in [2.75, 3.05) is 0 Å². The van der Waals surface area contributed by atoms with Crippen LogP contribution in [0, 0.1) is 12.8 Å². The van der Waals surface area contributed by atoms with Crippen molar-refractivity contribution in [1.82, 2.24) is 5.32 Å². The second kappa shape index (κ2) is 5.67. The van der Waals surface area contributed by atoms with Gasteiger partial charge in [0.2, 0.25) is 5.91 Å². The highest BCUT2D eigenvalue weighted by atomic mass is 79.9. The fourth-order valence-corrected chi connectivity index (χ4v) is 2.69. The van der Waals surface area contributed by atoms with Crippen LogP contribution in [0.4, 0.5) is 0 Å². The maximum absolute atomic E-state index is 11.8. The van der Waals surface area contributed by atoms with E-state index in [1.807, 2.05) is 0 Å². The van der Waals surface area contributed by atoms with E-state index in [9.17, 15) is 4.79 Å². The third-order valence-electron chi connectivity index (χ3n) is 3.43. The molecule has 0 radical (unpaired) electrons. The van der Waals surface area contributed by atoms with E-state index < -0.39 is 0 Å². The molecule has 3 heteroatoms. The first-order chi connectivity index (χ1) is 8.16. The molecule has 92 valence electrons. The smallest absolute Gasteiger partial charge is 0.223 e. The van der Waals surface area contributed by atoms with Crippen molar-refractivity contribution in [1.29, 1.82) is 0 Å². The Balaban J connectivity index is 1.88. The molecule has 0 aliphatic heterocycles. The average Bonchev–Trinajstić information content (AvgIpc) is 2.84. The summed E-state index contributed by atoms with van der Waals surface area (Å²) in [6.45, 7) is 2.69. The Kier molecular flexibility index (Phi) is 4.21. The quantitative estimate of drug-likeness (QED) is 0.908. The third kappa shape index (κ3) is 3.32. The van der Waals surface area contributed by atoms with Gasteiger partial charge in [-0.3, -0.25) is 4.79 Å². The SMILES string of the molecule is Cc1ccc(CNC(=O)C2CCCC2)cc1Br. The van der Waals surface area contributed by atoms with E-state index in [0.29, 0.717) is 6.54 Å². The van der Waals surface area contributed by atoms with Crippen LogP contribution >= 0.6 is 15.9 Å². The molecule has 1 aliphatic carbocycles. The summed E-state index contributed by atoms with van der Waals surface area (Å²) in [4.78, 5) is 11.8. The Morgan fingerprint density at radius 3 is 2.76 bits per heavy atom. The summed E-state index contributed by atoms with van der Waals surface area (Å²) in [7, 11) is 0. The molecule has 1 aliphatic rings. The zero-order valence-electron chi connectivity index (χ0n) is 10.1. The van der Waals surface area contributed by atoms with Gasteiger partial charge in [-0.1, -0.05) is 40.9 Å². The molecular weight excluding hydrogens is 278 g/mol. The molecule has 0 saturated heterocycles. The van der Waals surface area contributed by atoms with Crippen LogP contribution in [0.3, 0.4) is 0 Å². The lowest BCUT2D eigenvalue weighted by molar-refractivity contribution is -0.124. The van der Waals surface area contributed by atoms with E-state index in [2.05, 4.69) is 46.4 Å². The number of hydrogen-bond donors (Lipinski definition) is 1. The highest BCUT2D eigenvalue weighted by molar-refractivity contribution is 9.10. The minimum absolute atomic E-state index is 0.221. The molecule has 2 nitrogen and oxygen atoms in total. The summed E-state index contributed by atoms with van der Waals surface area (Å²) in [5, 5.41) is 3.03. The Bertz CT molecular complexity index is 411. The lowest BCUT2D eigenvalue weighted by Gasteiger charge is -2.11. The molecule has 0 unspecified atom stereocenters. The van der Waals surface area contributed by atoms with Gasteiger partial charge in [0.15, 0.2) is 0 Å². The molecule has 0 heterocycles. The molecule has 1 aromatic carbocycles. The number of hydrogen-bond acceptors (Lipinski definition) is 1. The normalized spacial score (nSPS) is 16.1. The number of amides is 1. The highest BCUT2D eigenvalue weighted by Gasteiger charge is 2.21. The molecule has 0 aromatic heterocycles. The van der Waals surface area contributed by atoms with E-state index >= 15 is 0 Å². The van der Waals surface area contributed by atoms with Gasteiger partial charge in [0.1, 0.15) is 0 Å². The Morgan fingerprint density at radius 1 is 1.41 bits per heavy atom. The lowest BCUT2D eigenvalue weighted by Crippen LogP contribution is -2.28. The maximum Gasteiger partial charge on any atom is 0.223 e. The van der Waals surface area contributed by atoms with Crippen molar-refractivity contribution in [3.63, 3.8) is 0 Å². The van der Waals surface area contributed by atoms with Gasteiger partial charge in [0, 0.05) is 16.9 Å². The zero-order chi connectivity index (χ0) is 12.3. The van der Waals surface area contributed by atoms with Crippen LogP contribution in [0.2, 0.25) is 0 Å². The molecule has 1 saturated carbocycles. The van der Waals surface area contributed by atoms with E-state index in [1.165, 1.54) is 18.4 Å². The summed E-state index contributed by atoms with van der Waals surface area (Å²) in [5.41, 5.74) is 2.37. The standard InChI is InChI=1S/C14H18BrNO/c1-10-6-7-11(8-13(10)15)9-16-14(17)12-4-2-3-5-12/h6-8,12H,2-5,9H2,1H3,(H,16,17). The zero-order valence-corrected chi connectivity index (χ0v) is 11.7. The summed E-state index contributed by atoms with van der Waals surface area (Å²) < 4.78 is 1.10. The van der Waals surface area contributed by atoms with Crippen molar-refractivity contribution < 1.29 is 4.79 Å². The molecule has 2 rings (SSSR count). The first-order valence-corrected chi connectivity index (χ1v) is 6.99. The van der Waals surface area contributed by atoms with Crippen LogP contribution in [0.25, 0.3) is 0 Å². The Labute approximate surface area is 111 Å². The fourth-order valence-electron chi connectivity index (χ4n) is 2.27. The van der Waals surface area contributed by atoms with Crippen molar-refractivity contribution in [2.45, 2.75) is 39.2 Å². The minimum Gasteiger partial charge on any atom is -0.352 e. The van der Waals surface area contributed by atoms with Gasteiger partial charge >= 0.3 is 0 Å². The molecule has 0 spiro atoms. The number of nitrogens with one attached hydrogen (secondary N) is 1. The number of halogens is 1. The number of aryl methyl sites for hydroxylation is 1. The molecule has 17 heavy (non-hydrogen) atoms. The third-order valence-corrected chi connectivity index (χ3v) is 4.28. The van der Waals surface area contributed by atoms with Gasteiger partial charge in [-0.25, -0.2) is 0 Å². The number of benzene rings is 1. The van der Waals surface area contributed by atoms with E-state index in [0.717, 1.165) is 22.9 Å². The van der Waals surface area contributed by atoms with Gasteiger partial charge in [-0.05, 0) is 37.0 Å². The van der Waals surface area contributed by atoms with Crippen LogP contribution in [-0.4, -0.2) is 5.91 Å². The second-order valence-electron chi connectivity index (χ2n) is 4.78. The Morgan fingerprint density at radius 2 is 2.12 bits per heavy atom. The van der Waals surface area contributed by atoms with Gasteiger partial charge in [-0.15, -0.1) is 0 Å². The molecule has 1 N–H and O–H groups in total. The summed E-state index contributed by atoms with van der Waals surface area (Å²) in [5.74, 6) is 0.475. The molecular formula is C14H18BrNO. The fraction of sp³-hybridized carbons (Fsp3) is 0.500. The van der Waals surface area contributed by atoms with Crippen LogP contribution < -0.4 is 5.32 Å². The van der Waals surface area contributed by atoms with E-state index in [-0.39, 0.29) is 11.8 Å².